The first-order valence-electron chi connectivity index (χ1n) is 9.61. The number of fused-ring (bicyclic) bond motifs is 1. The molecule has 0 aliphatic carbocycles. The molecule has 5 nitrogen and oxygen atoms in total. The number of nitrogens with one attached hydrogen (secondary N) is 1. The van der Waals surface area contributed by atoms with E-state index in [0.717, 1.165) is 12.1 Å². The lowest BCUT2D eigenvalue weighted by atomic mass is 9.93. The van der Waals surface area contributed by atoms with Crippen molar-refractivity contribution in [1.82, 2.24) is 19.9 Å². The van der Waals surface area contributed by atoms with E-state index in [1.165, 1.54) is 6.07 Å². The van der Waals surface area contributed by atoms with Gasteiger partial charge in [0.2, 0.25) is 0 Å². The SMILES string of the molecule is CC(C)CCNC(=O)c1cc(-c2ccccc2F)n2nc(C(C)(C)C)cc2n1. The second-order valence-electron chi connectivity index (χ2n) is 8.49. The fraction of sp³-hybridized carbons (Fsp3) is 0.409. The Balaban J connectivity index is 2.11. The molecule has 28 heavy (non-hydrogen) atoms. The standard InChI is InChI=1S/C22H27FN4O/c1-14(2)10-11-24-21(28)17-12-18(15-8-6-7-9-16(15)23)27-20(25-17)13-19(26-27)22(3,4)5/h6-9,12-14H,10-11H2,1-5H3,(H,24,28). The Bertz CT molecular complexity index is 1000. The van der Waals surface area contributed by atoms with Gasteiger partial charge >= 0.3 is 0 Å². The largest absolute Gasteiger partial charge is 0.351 e. The van der Waals surface area contributed by atoms with Gasteiger partial charge in [0.1, 0.15) is 11.5 Å². The highest BCUT2D eigenvalue weighted by Gasteiger charge is 2.22. The Hall–Kier alpha value is -2.76. The van der Waals surface area contributed by atoms with Gasteiger partial charge in [0.15, 0.2) is 5.65 Å². The number of hydrogen-bond acceptors (Lipinski definition) is 3. The average Bonchev–Trinajstić information content (AvgIpc) is 3.05. The highest BCUT2D eigenvalue weighted by Crippen LogP contribution is 2.27. The zero-order valence-corrected chi connectivity index (χ0v) is 17.1. The van der Waals surface area contributed by atoms with Gasteiger partial charge in [-0.2, -0.15) is 5.10 Å². The maximum atomic E-state index is 14.5. The van der Waals surface area contributed by atoms with Crippen LogP contribution in [0.4, 0.5) is 4.39 Å². The van der Waals surface area contributed by atoms with Gasteiger partial charge in [-0.05, 0) is 30.5 Å². The van der Waals surface area contributed by atoms with E-state index in [-0.39, 0.29) is 22.8 Å². The summed E-state index contributed by atoms with van der Waals surface area (Å²) in [5.74, 6) is -0.137. The minimum Gasteiger partial charge on any atom is -0.351 e. The van der Waals surface area contributed by atoms with Gasteiger partial charge in [0.05, 0.1) is 11.4 Å². The van der Waals surface area contributed by atoms with Gasteiger partial charge in [-0.25, -0.2) is 13.9 Å². The Morgan fingerprint density at radius 3 is 2.57 bits per heavy atom. The lowest BCUT2D eigenvalue weighted by Crippen LogP contribution is -2.26. The molecule has 1 amide bonds. The Morgan fingerprint density at radius 2 is 1.93 bits per heavy atom. The highest BCUT2D eigenvalue weighted by molar-refractivity contribution is 5.94. The Morgan fingerprint density at radius 1 is 1.21 bits per heavy atom. The Labute approximate surface area is 165 Å². The smallest absolute Gasteiger partial charge is 0.270 e. The van der Waals surface area contributed by atoms with Crippen molar-refractivity contribution in [2.45, 2.75) is 46.5 Å². The molecule has 6 heteroatoms. The zero-order chi connectivity index (χ0) is 20.5. The molecule has 1 N–H and O–H groups in total. The summed E-state index contributed by atoms with van der Waals surface area (Å²) < 4.78 is 16.1. The maximum absolute atomic E-state index is 14.5. The van der Waals surface area contributed by atoms with Crippen molar-refractivity contribution in [1.29, 1.82) is 0 Å². The summed E-state index contributed by atoms with van der Waals surface area (Å²) in [4.78, 5) is 17.1. The molecule has 0 unspecified atom stereocenters. The molecule has 3 rings (SSSR count). The van der Waals surface area contributed by atoms with Gasteiger partial charge in [-0.3, -0.25) is 4.79 Å². The van der Waals surface area contributed by atoms with Crippen LogP contribution in [-0.4, -0.2) is 27.0 Å². The third-order valence-corrected chi connectivity index (χ3v) is 4.59. The third-order valence-electron chi connectivity index (χ3n) is 4.59. The van der Waals surface area contributed by atoms with E-state index in [0.29, 0.717) is 29.4 Å². The van der Waals surface area contributed by atoms with Crippen molar-refractivity contribution in [2.75, 3.05) is 6.54 Å². The summed E-state index contributed by atoms with van der Waals surface area (Å²) >= 11 is 0. The number of aromatic nitrogens is 3. The number of halogens is 1. The lowest BCUT2D eigenvalue weighted by Gasteiger charge is -2.14. The molecule has 0 radical (unpaired) electrons. The van der Waals surface area contributed by atoms with Crippen LogP contribution in [0.2, 0.25) is 0 Å². The van der Waals surface area contributed by atoms with Crippen LogP contribution in [0.3, 0.4) is 0 Å². The van der Waals surface area contributed by atoms with E-state index in [2.05, 4.69) is 50.0 Å². The lowest BCUT2D eigenvalue weighted by molar-refractivity contribution is 0.0947. The molecule has 2 aromatic heterocycles. The van der Waals surface area contributed by atoms with E-state index in [9.17, 15) is 9.18 Å². The van der Waals surface area contributed by atoms with Gasteiger partial charge in [-0.1, -0.05) is 46.8 Å². The first-order chi connectivity index (χ1) is 13.2. The summed E-state index contributed by atoms with van der Waals surface area (Å²) in [5.41, 5.74) is 2.31. The van der Waals surface area contributed by atoms with E-state index < -0.39 is 0 Å². The molecule has 0 spiro atoms. The fourth-order valence-electron chi connectivity index (χ4n) is 2.88. The molecule has 0 aliphatic heterocycles. The van der Waals surface area contributed by atoms with Crippen LogP contribution in [0.1, 0.15) is 57.2 Å². The van der Waals surface area contributed by atoms with Crippen LogP contribution in [0, 0.1) is 11.7 Å². The van der Waals surface area contributed by atoms with Crippen LogP contribution in [0.25, 0.3) is 16.9 Å². The molecular weight excluding hydrogens is 355 g/mol. The quantitative estimate of drug-likeness (QED) is 0.701. The monoisotopic (exact) mass is 382 g/mol. The number of carbonyl (C=O) groups is 1. The molecular formula is C22H27FN4O. The van der Waals surface area contributed by atoms with Crippen LogP contribution in [-0.2, 0) is 5.41 Å². The summed E-state index contributed by atoms with van der Waals surface area (Å²) in [6.07, 6.45) is 0.884. The van der Waals surface area contributed by atoms with E-state index in [1.54, 1.807) is 28.8 Å². The molecule has 3 aromatic rings. The van der Waals surface area contributed by atoms with Crippen molar-refractivity contribution < 1.29 is 9.18 Å². The van der Waals surface area contributed by atoms with Crippen molar-refractivity contribution in [2.24, 2.45) is 5.92 Å². The summed E-state index contributed by atoms with van der Waals surface area (Å²) in [6.45, 7) is 10.9. The predicted molar refractivity (Wildman–Crippen MR) is 109 cm³/mol. The van der Waals surface area contributed by atoms with Crippen molar-refractivity contribution >= 4 is 11.6 Å². The van der Waals surface area contributed by atoms with Crippen molar-refractivity contribution in [3.63, 3.8) is 0 Å². The second-order valence-corrected chi connectivity index (χ2v) is 8.49. The molecule has 0 saturated heterocycles. The maximum Gasteiger partial charge on any atom is 0.270 e. The molecule has 1 aromatic carbocycles. The van der Waals surface area contributed by atoms with E-state index >= 15 is 0 Å². The van der Waals surface area contributed by atoms with Gasteiger partial charge in [0, 0.05) is 23.6 Å². The highest BCUT2D eigenvalue weighted by atomic mass is 19.1. The first-order valence-corrected chi connectivity index (χ1v) is 9.61. The van der Waals surface area contributed by atoms with Crippen LogP contribution >= 0.6 is 0 Å². The minimum atomic E-state index is -0.367. The summed E-state index contributed by atoms with van der Waals surface area (Å²) in [5, 5.41) is 7.54. The summed E-state index contributed by atoms with van der Waals surface area (Å²) in [6, 6.07) is 9.95. The molecule has 2 heterocycles. The van der Waals surface area contributed by atoms with Gasteiger partial charge < -0.3 is 5.32 Å². The number of rotatable bonds is 5. The molecule has 0 fully saturated rings. The first kappa shape index (κ1) is 20.0. The van der Waals surface area contributed by atoms with Crippen molar-refractivity contribution in [3.05, 3.63) is 53.6 Å². The number of amides is 1. The Kier molecular flexibility index (Phi) is 5.49. The fourth-order valence-corrected chi connectivity index (χ4v) is 2.88. The number of carbonyl (C=O) groups excluding carboxylic acids is 1. The average molecular weight is 382 g/mol. The summed E-state index contributed by atoms with van der Waals surface area (Å²) in [7, 11) is 0. The van der Waals surface area contributed by atoms with Gasteiger partial charge in [-0.15, -0.1) is 0 Å². The minimum absolute atomic E-state index is 0.195. The van der Waals surface area contributed by atoms with Crippen LogP contribution in [0.5, 0.6) is 0 Å². The molecule has 148 valence electrons. The third kappa shape index (κ3) is 4.21. The zero-order valence-electron chi connectivity index (χ0n) is 17.1. The topological polar surface area (TPSA) is 59.3 Å². The van der Waals surface area contributed by atoms with Gasteiger partial charge in [0.25, 0.3) is 5.91 Å². The molecule has 0 aliphatic rings. The number of hydrogen-bond donors (Lipinski definition) is 1. The van der Waals surface area contributed by atoms with Crippen LogP contribution in [0.15, 0.2) is 36.4 Å². The van der Waals surface area contributed by atoms with E-state index in [4.69, 9.17) is 0 Å². The second kappa shape index (κ2) is 7.70. The molecule has 0 saturated carbocycles. The van der Waals surface area contributed by atoms with Crippen LogP contribution < -0.4 is 5.32 Å². The number of benzene rings is 1. The van der Waals surface area contributed by atoms with E-state index in [1.807, 2.05) is 6.07 Å². The van der Waals surface area contributed by atoms with Crippen molar-refractivity contribution in [3.8, 4) is 11.3 Å². The number of nitrogens with zero attached hydrogens (tertiary/aromatic N) is 3. The predicted octanol–water partition coefficient (Wildman–Crippen LogP) is 4.61. The molecule has 0 atom stereocenters. The molecule has 0 bridgehead atoms. The normalized spacial score (nSPS) is 12.0.